The van der Waals surface area contributed by atoms with Crippen molar-refractivity contribution in [2.24, 2.45) is 0 Å². The Kier molecular flexibility index (Phi) is 7.30. The first-order chi connectivity index (χ1) is 6.16. The first kappa shape index (κ1) is 12.2. The van der Waals surface area contributed by atoms with Crippen LogP contribution in [0, 0.1) is 0 Å². The van der Waals surface area contributed by atoms with Crippen LogP contribution in [0.25, 0.3) is 0 Å². The van der Waals surface area contributed by atoms with Gasteiger partial charge >= 0.3 is 0 Å². The molecule has 0 rings (SSSR count). The number of nitrogens with one attached hydrogen (secondary N) is 1. The van der Waals surface area contributed by atoms with Gasteiger partial charge in [-0.3, -0.25) is 4.79 Å². The van der Waals surface area contributed by atoms with Crippen molar-refractivity contribution in [2.45, 2.75) is 26.2 Å². The lowest BCUT2D eigenvalue weighted by molar-refractivity contribution is -0.120. The maximum Gasteiger partial charge on any atom is 0.219 e. The quantitative estimate of drug-likeness (QED) is 0.482. The Hall–Kier alpha value is -0.830. The molecule has 76 valence electrons. The minimum Gasteiger partial charge on any atom is -0.377 e. The van der Waals surface area contributed by atoms with E-state index in [-0.39, 0.29) is 5.91 Å². The second kappa shape index (κ2) is 7.80. The van der Waals surface area contributed by atoms with E-state index in [1.165, 1.54) is 0 Å². The lowest BCUT2D eigenvalue weighted by atomic mass is 10.2. The van der Waals surface area contributed by atoms with E-state index in [9.17, 15) is 4.79 Å². The van der Waals surface area contributed by atoms with Gasteiger partial charge in [0.05, 0.1) is 6.61 Å². The monoisotopic (exact) mass is 185 g/mol. The minimum absolute atomic E-state index is 0.0971. The molecular formula is C10H19NO2. The number of carbonyl (C=O) groups is 1. The molecule has 13 heavy (non-hydrogen) atoms. The van der Waals surface area contributed by atoms with Crippen LogP contribution in [0.3, 0.4) is 0 Å². The van der Waals surface area contributed by atoms with Gasteiger partial charge in [-0.15, -0.1) is 0 Å². The van der Waals surface area contributed by atoms with Crippen molar-refractivity contribution in [3.8, 4) is 0 Å². The molecule has 0 fully saturated rings. The lowest BCUT2D eigenvalue weighted by Gasteiger charge is -2.03. The van der Waals surface area contributed by atoms with E-state index < -0.39 is 0 Å². The third-order valence-electron chi connectivity index (χ3n) is 1.57. The molecule has 0 heterocycles. The summed E-state index contributed by atoms with van der Waals surface area (Å²) >= 11 is 0. The average Bonchev–Trinajstić information content (AvgIpc) is 2.10. The van der Waals surface area contributed by atoms with Gasteiger partial charge < -0.3 is 10.1 Å². The van der Waals surface area contributed by atoms with Gasteiger partial charge in [-0.2, -0.15) is 0 Å². The Morgan fingerprint density at radius 2 is 2.15 bits per heavy atom. The fourth-order valence-corrected chi connectivity index (χ4v) is 0.861. The van der Waals surface area contributed by atoms with Crippen molar-refractivity contribution in [2.75, 3.05) is 20.3 Å². The van der Waals surface area contributed by atoms with Gasteiger partial charge in [0.25, 0.3) is 0 Å². The molecule has 0 aromatic carbocycles. The number of rotatable bonds is 7. The molecule has 0 spiro atoms. The van der Waals surface area contributed by atoms with Crippen molar-refractivity contribution in [3.05, 3.63) is 12.2 Å². The highest BCUT2D eigenvalue weighted by Crippen LogP contribution is 1.97. The molecular weight excluding hydrogens is 166 g/mol. The van der Waals surface area contributed by atoms with E-state index in [2.05, 4.69) is 11.9 Å². The highest BCUT2D eigenvalue weighted by atomic mass is 16.5. The van der Waals surface area contributed by atoms with Crippen LogP contribution in [0.5, 0.6) is 0 Å². The third-order valence-corrected chi connectivity index (χ3v) is 1.57. The zero-order valence-corrected chi connectivity index (χ0v) is 8.56. The predicted octanol–water partition coefficient (Wildman–Crippen LogP) is 1.50. The molecule has 0 bridgehead atoms. The van der Waals surface area contributed by atoms with E-state index in [1.54, 1.807) is 7.05 Å². The first-order valence-electron chi connectivity index (χ1n) is 4.59. The largest absolute Gasteiger partial charge is 0.377 e. The predicted molar refractivity (Wildman–Crippen MR) is 53.6 cm³/mol. The molecule has 1 N–H and O–H groups in total. The molecule has 0 saturated carbocycles. The second-order valence-corrected chi connectivity index (χ2v) is 3.14. The number of amides is 1. The summed E-state index contributed by atoms with van der Waals surface area (Å²) in [6.07, 6.45) is 2.41. The Labute approximate surface area is 80.2 Å². The van der Waals surface area contributed by atoms with Gasteiger partial charge in [-0.25, -0.2) is 0 Å². The zero-order chi connectivity index (χ0) is 10.1. The number of hydrogen-bond donors (Lipinski definition) is 1. The normalized spacial score (nSPS) is 9.69. The molecule has 0 radical (unpaired) electrons. The van der Waals surface area contributed by atoms with Gasteiger partial charge in [-0.05, 0) is 19.8 Å². The van der Waals surface area contributed by atoms with Crippen molar-refractivity contribution in [3.63, 3.8) is 0 Å². The van der Waals surface area contributed by atoms with Crippen molar-refractivity contribution in [1.29, 1.82) is 0 Å². The molecule has 0 aliphatic heterocycles. The molecule has 0 unspecified atom stereocenters. The van der Waals surface area contributed by atoms with Crippen molar-refractivity contribution < 1.29 is 9.53 Å². The summed E-state index contributed by atoms with van der Waals surface area (Å²) in [6.45, 7) is 7.00. The summed E-state index contributed by atoms with van der Waals surface area (Å²) in [6, 6.07) is 0. The first-order valence-corrected chi connectivity index (χ1v) is 4.59. The number of carbonyl (C=O) groups excluding carboxylic acids is 1. The topological polar surface area (TPSA) is 38.3 Å². The van der Waals surface area contributed by atoms with E-state index in [1.807, 2.05) is 6.92 Å². The van der Waals surface area contributed by atoms with Crippen molar-refractivity contribution >= 4 is 5.91 Å². The molecule has 0 saturated heterocycles. The zero-order valence-electron chi connectivity index (χ0n) is 8.56. The third kappa shape index (κ3) is 9.08. The average molecular weight is 185 g/mol. The molecule has 0 aromatic rings. The highest BCUT2D eigenvalue weighted by molar-refractivity contribution is 5.75. The Morgan fingerprint density at radius 1 is 1.46 bits per heavy atom. The van der Waals surface area contributed by atoms with Crippen LogP contribution < -0.4 is 5.32 Å². The SMILES string of the molecule is C=C(C)COCCCCC(=O)NC. The summed E-state index contributed by atoms with van der Waals surface area (Å²) in [5, 5.41) is 2.58. The Balaban J connectivity index is 3.08. The van der Waals surface area contributed by atoms with Gasteiger partial charge in [-0.1, -0.05) is 12.2 Å². The molecule has 0 aliphatic carbocycles. The standard InChI is InChI=1S/C10H19NO2/c1-9(2)8-13-7-5-4-6-10(12)11-3/h1,4-8H2,2-3H3,(H,11,12). The van der Waals surface area contributed by atoms with Gasteiger partial charge in [0.2, 0.25) is 5.91 Å². The summed E-state index contributed by atoms with van der Waals surface area (Å²) < 4.78 is 5.28. The van der Waals surface area contributed by atoms with Crippen LogP contribution in [-0.2, 0) is 9.53 Å². The van der Waals surface area contributed by atoms with Crippen LogP contribution >= 0.6 is 0 Å². The fraction of sp³-hybridized carbons (Fsp3) is 0.700. The van der Waals surface area contributed by atoms with Crippen LogP contribution in [0.15, 0.2) is 12.2 Å². The lowest BCUT2D eigenvalue weighted by Crippen LogP contribution is -2.17. The number of hydrogen-bond acceptors (Lipinski definition) is 2. The molecule has 3 nitrogen and oxygen atoms in total. The summed E-state index contributed by atoms with van der Waals surface area (Å²) in [5.74, 6) is 0.0971. The van der Waals surface area contributed by atoms with E-state index >= 15 is 0 Å². The van der Waals surface area contributed by atoms with Gasteiger partial charge in [0.15, 0.2) is 0 Å². The van der Waals surface area contributed by atoms with Crippen LogP contribution in [0.1, 0.15) is 26.2 Å². The van der Waals surface area contributed by atoms with Crippen LogP contribution in [0.4, 0.5) is 0 Å². The van der Waals surface area contributed by atoms with Gasteiger partial charge in [0.1, 0.15) is 0 Å². The molecule has 3 heteroatoms. The highest BCUT2D eigenvalue weighted by Gasteiger charge is 1.96. The Morgan fingerprint density at radius 3 is 2.69 bits per heavy atom. The smallest absolute Gasteiger partial charge is 0.219 e. The number of ether oxygens (including phenoxy) is 1. The van der Waals surface area contributed by atoms with Crippen LogP contribution in [-0.4, -0.2) is 26.2 Å². The van der Waals surface area contributed by atoms with Crippen LogP contribution in [0.2, 0.25) is 0 Å². The number of unbranched alkanes of at least 4 members (excludes halogenated alkanes) is 1. The summed E-state index contributed by atoms with van der Waals surface area (Å²) in [5.41, 5.74) is 1.03. The van der Waals surface area contributed by atoms with E-state index in [0.29, 0.717) is 19.6 Å². The molecule has 1 amide bonds. The molecule has 0 aliphatic rings. The van der Waals surface area contributed by atoms with E-state index in [0.717, 1.165) is 18.4 Å². The van der Waals surface area contributed by atoms with Crippen molar-refractivity contribution in [1.82, 2.24) is 5.32 Å². The fourth-order valence-electron chi connectivity index (χ4n) is 0.861. The molecule has 0 aromatic heterocycles. The summed E-state index contributed by atoms with van der Waals surface area (Å²) in [4.78, 5) is 10.8. The maximum absolute atomic E-state index is 10.8. The molecule has 0 atom stereocenters. The maximum atomic E-state index is 10.8. The minimum atomic E-state index is 0.0971. The second-order valence-electron chi connectivity index (χ2n) is 3.14. The summed E-state index contributed by atoms with van der Waals surface area (Å²) in [7, 11) is 1.65. The van der Waals surface area contributed by atoms with E-state index in [4.69, 9.17) is 4.74 Å². The Bertz CT molecular complexity index is 166. The van der Waals surface area contributed by atoms with Gasteiger partial charge in [0, 0.05) is 20.1 Å².